The minimum absolute atomic E-state index is 0.411. The third kappa shape index (κ3) is 2.08. The SMILES string of the molecule is CC(C#N)Oc1ccc2ccccc2c1. The van der Waals surface area contributed by atoms with Crippen LogP contribution in [0.1, 0.15) is 6.92 Å². The van der Waals surface area contributed by atoms with E-state index in [9.17, 15) is 0 Å². The summed E-state index contributed by atoms with van der Waals surface area (Å²) in [5, 5.41) is 10.9. The standard InChI is InChI=1S/C13H11NO/c1-10(9-14)15-13-7-6-11-4-2-3-5-12(11)8-13/h2-8,10H,1H3. The van der Waals surface area contributed by atoms with Gasteiger partial charge in [0.05, 0.1) is 0 Å². The van der Waals surface area contributed by atoms with Gasteiger partial charge in [-0.1, -0.05) is 30.3 Å². The van der Waals surface area contributed by atoms with Crippen LogP contribution >= 0.6 is 0 Å². The van der Waals surface area contributed by atoms with Crippen molar-refractivity contribution in [2.24, 2.45) is 0 Å². The molecule has 0 aromatic heterocycles. The van der Waals surface area contributed by atoms with Crippen molar-refractivity contribution in [2.45, 2.75) is 13.0 Å². The quantitative estimate of drug-likeness (QED) is 0.741. The van der Waals surface area contributed by atoms with Crippen molar-refractivity contribution >= 4 is 10.8 Å². The van der Waals surface area contributed by atoms with Crippen LogP contribution < -0.4 is 4.74 Å². The third-order valence-corrected chi connectivity index (χ3v) is 2.22. The normalized spacial score (nSPS) is 12.0. The largest absolute Gasteiger partial charge is 0.476 e. The molecule has 0 aliphatic rings. The van der Waals surface area contributed by atoms with Gasteiger partial charge in [0, 0.05) is 0 Å². The monoisotopic (exact) mass is 197 g/mol. The molecule has 0 N–H and O–H groups in total. The van der Waals surface area contributed by atoms with E-state index in [2.05, 4.69) is 0 Å². The van der Waals surface area contributed by atoms with E-state index in [1.54, 1.807) is 6.92 Å². The molecule has 2 heteroatoms. The Bertz CT molecular complexity index is 513. The number of ether oxygens (including phenoxy) is 1. The average molecular weight is 197 g/mol. The van der Waals surface area contributed by atoms with Gasteiger partial charge in [-0.25, -0.2) is 0 Å². The molecule has 15 heavy (non-hydrogen) atoms. The summed E-state index contributed by atoms with van der Waals surface area (Å²) in [4.78, 5) is 0. The molecule has 2 aromatic carbocycles. The van der Waals surface area contributed by atoms with Gasteiger partial charge in [-0.2, -0.15) is 5.26 Å². The highest BCUT2D eigenvalue weighted by Crippen LogP contribution is 2.21. The Morgan fingerprint density at radius 3 is 2.60 bits per heavy atom. The van der Waals surface area contributed by atoms with Crippen LogP contribution in [0.5, 0.6) is 5.75 Å². The predicted molar refractivity (Wildman–Crippen MR) is 59.7 cm³/mol. The molecule has 0 saturated carbocycles. The summed E-state index contributed by atoms with van der Waals surface area (Å²) in [6.45, 7) is 1.73. The maximum atomic E-state index is 8.63. The molecule has 0 saturated heterocycles. The lowest BCUT2D eigenvalue weighted by atomic mass is 10.1. The zero-order valence-corrected chi connectivity index (χ0v) is 8.47. The number of nitriles is 1. The molecule has 0 fully saturated rings. The molecule has 2 aromatic rings. The van der Waals surface area contributed by atoms with Crippen molar-refractivity contribution in [1.29, 1.82) is 5.26 Å². The van der Waals surface area contributed by atoms with Crippen LogP contribution in [0.2, 0.25) is 0 Å². The summed E-state index contributed by atoms with van der Waals surface area (Å²) >= 11 is 0. The molecule has 0 amide bonds. The Balaban J connectivity index is 2.35. The molecule has 2 nitrogen and oxygen atoms in total. The Labute approximate surface area is 88.7 Å². The van der Waals surface area contributed by atoms with Crippen molar-refractivity contribution in [1.82, 2.24) is 0 Å². The Morgan fingerprint density at radius 1 is 1.13 bits per heavy atom. The van der Waals surface area contributed by atoms with Crippen LogP contribution in [0.4, 0.5) is 0 Å². The number of rotatable bonds is 2. The van der Waals surface area contributed by atoms with Gasteiger partial charge in [-0.15, -0.1) is 0 Å². The average Bonchev–Trinajstić information content (AvgIpc) is 2.29. The Hall–Kier alpha value is -2.01. The highest BCUT2D eigenvalue weighted by atomic mass is 16.5. The maximum Gasteiger partial charge on any atom is 0.181 e. The molecule has 0 aliphatic carbocycles. The third-order valence-electron chi connectivity index (χ3n) is 2.22. The fourth-order valence-electron chi connectivity index (χ4n) is 1.47. The Morgan fingerprint density at radius 2 is 1.87 bits per heavy atom. The van der Waals surface area contributed by atoms with Gasteiger partial charge in [-0.3, -0.25) is 0 Å². The van der Waals surface area contributed by atoms with Gasteiger partial charge in [0.1, 0.15) is 11.8 Å². The first-order valence-electron chi connectivity index (χ1n) is 4.84. The summed E-state index contributed by atoms with van der Waals surface area (Å²) in [5.41, 5.74) is 0. The predicted octanol–water partition coefficient (Wildman–Crippen LogP) is 3.13. The molecular formula is C13H11NO. The van der Waals surface area contributed by atoms with Crippen LogP contribution in [0.25, 0.3) is 10.8 Å². The van der Waals surface area contributed by atoms with Crippen LogP contribution in [0.15, 0.2) is 42.5 Å². The maximum absolute atomic E-state index is 8.63. The summed E-state index contributed by atoms with van der Waals surface area (Å²) in [6, 6.07) is 15.9. The van der Waals surface area contributed by atoms with Crippen LogP contribution in [-0.2, 0) is 0 Å². The van der Waals surface area contributed by atoms with Crippen molar-refractivity contribution in [3.05, 3.63) is 42.5 Å². The number of nitrogens with zero attached hydrogens (tertiary/aromatic N) is 1. The molecular weight excluding hydrogens is 186 g/mol. The number of benzene rings is 2. The second-order valence-corrected chi connectivity index (χ2v) is 3.40. The van der Waals surface area contributed by atoms with Gasteiger partial charge in [-0.05, 0) is 29.8 Å². The number of fused-ring (bicyclic) bond motifs is 1. The second kappa shape index (κ2) is 4.02. The number of hydrogen-bond donors (Lipinski definition) is 0. The minimum Gasteiger partial charge on any atom is -0.476 e. The van der Waals surface area contributed by atoms with Gasteiger partial charge in [0.2, 0.25) is 0 Å². The molecule has 2 rings (SSSR count). The lowest BCUT2D eigenvalue weighted by molar-refractivity contribution is 0.277. The summed E-state index contributed by atoms with van der Waals surface area (Å²) in [6.07, 6.45) is -0.411. The summed E-state index contributed by atoms with van der Waals surface area (Å²) in [7, 11) is 0. The molecule has 0 heterocycles. The van der Waals surface area contributed by atoms with Gasteiger partial charge < -0.3 is 4.74 Å². The first kappa shape index (κ1) is 9.54. The molecule has 0 spiro atoms. The van der Waals surface area contributed by atoms with Gasteiger partial charge in [0.25, 0.3) is 0 Å². The van der Waals surface area contributed by atoms with Crippen LogP contribution in [0.3, 0.4) is 0 Å². The van der Waals surface area contributed by atoms with E-state index in [0.717, 1.165) is 11.1 Å². The molecule has 0 radical (unpaired) electrons. The highest BCUT2D eigenvalue weighted by molar-refractivity contribution is 5.83. The van der Waals surface area contributed by atoms with Crippen molar-refractivity contribution in [3.8, 4) is 11.8 Å². The summed E-state index contributed by atoms with van der Waals surface area (Å²) < 4.78 is 5.41. The van der Waals surface area contributed by atoms with Gasteiger partial charge in [0.15, 0.2) is 6.10 Å². The van der Waals surface area contributed by atoms with E-state index >= 15 is 0 Å². The van der Waals surface area contributed by atoms with Crippen molar-refractivity contribution < 1.29 is 4.74 Å². The fourth-order valence-corrected chi connectivity index (χ4v) is 1.47. The Kier molecular flexibility index (Phi) is 2.55. The lowest BCUT2D eigenvalue weighted by Gasteiger charge is -2.08. The van der Waals surface area contributed by atoms with Crippen LogP contribution in [-0.4, -0.2) is 6.10 Å². The van der Waals surface area contributed by atoms with Gasteiger partial charge >= 0.3 is 0 Å². The van der Waals surface area contributed by atoms with E-state index in [-0.39, 0.29) is 0 Å². The molecule has 0 bridgehead atoms. The molecule has 74 valence electrons. The van der Waals surface area contributed by atoms with E-state index in [4.69, 9.17) is 10.00 Å². The summed E-state index contributed by atoms with van der Waals surface area (Å²) in [5.74, 6) is 0.739. The van der Waals surface area contributed by atoms with E-state index < -0.39 is 6.10 Å². The van der Waals surface area contributed by atoms with Crippen LogP contribution in [0, 0.1) is 11.3 Å². The first-order chi connectivity index (χ1) is 7.29. The lowest BCUT2D eigenvalue weighted by Crippen LogP contribution is -2.07. The first-order valence-corrected chi connectivity index (χ1v) is 4.84. The second-order valence-electron chi connectivity index (χ2n) is 3.40. The molecule has 1 unspecified atom stereocenters. The highest BCUT2D eigenvalue weighted by Gasteiger charge is 2.01. The smallest absolute Gasteiger partial charge is 0.181 e. The zero-order chi connectivity index (χ0) is 10.7. The zero-order valence-electron chi connectivity index (χ0n) is 8.47. The van der Waals surface area contributed by atoms with E-state index in [0.29, 0.717) is 0 Å². The van der Waals surface area contributed by atoms with E-state index in [1.165, 1.54) is 5.39 Å². The van der Waals surface area contributed by atoms with Crippen molar-refractivity contribution in [3.63, 3.8) is 0 Å². The topological polar surface area (TPSA) is 33.0 Å². The molecule has 0 aliphatic heterocycles. The fraction of sp³-hybridized carbons (Fsp3) is 0.154. The number of hydrogen-bond acceptors (Lipinski definition) is 2. The molecule has 1 atom stereocenters. The van der Waals surface area contributed by atoms with Crippen molar-refractivity contribution in [2.75, 3.05) is 0 Å². The van der Waals surface area contributed by atoms with E-state index in [1.807, 2.05) is 48.5 Å². The minimum atomic E-state index is -0.411.